The Morgan fingerprint density at radius 2 is 1.95 bits per heavy atom. The van der Waals surface area contributed by atoms with E-state index >= 15 is 0 Å². The number of nitrogens with one attached hydrogen (secondary N) is 1. The minimum absolute atomic E-state index is 0.890. The number of aromatic nitrogens is 3. The third-order valence-electron chi connectivity index (χ3n) is 3.00. The van der Waals surface area contributed by atoms with E-state index in [0.717, 1.165) is 28.8 Å². The molecule has 3 aromatic rings. The van der Waals surface area contributed by atoms with Crippen LogP contribution in [0, 0.1) is 6.92 Å². The van der Waals surface area contributed by atoms with Gasteiger partial charge in [0, 0.05) is 24.2 Å². The van der Waals surface area contributed by atoms with Crippen LogP contribution in [0.3, 0.4) is 0 Å². The Labute approximate surface area is 122 Å². The zero-order chi connectivity index (χ0) is 13.8. The van der Waals surface area contributed by atoms with Crippen molar-refractivity contribution in [3.8, 4) is 0 Å². The van der Waals surface area contributed by atoms with E-state index < -0.39 is 0 Å². The van der Waals surface area contributed by atoms with Crippen LogP contribution in [-0.2, 0) is 0 Å². The molecule has 0 bridgehead atoms. The van der Waals surface area contributed by atoms with E-state index in [1.165, 1.54) is 5.56 Å². The molecule has 0 aliphatic carbocycles. The first kappa shape index (κ1) is 13.0. The Kier molecular flexibility index (Phi) is 3.87. The Morgan fingerprint density at radius 3 is 2.80 bits per heavy atom. The molecule has 0 amide bonds. The number of fused-ring (bicyclic) bond motifs is 1. The normalized spacial score (nSPS) is 10.8. The molecule has 20 heavy (non-hydrogen) atoms. The van der Waals surface area contributed by atoms with Crippen LogP contribution in [0.25, 0.3) is 5.65 Å². The summed E-state index contributed by atoms with van der Waals surface area (Å²) >= 11 is 1.71. The lowest BCUT2D eigenvalue weighted by Gasteiger charge is -2.05. The molecule has 2 heterocycles. The Bertz CT molecular complexity index is 690. The molecule has 5 heteroatoms. The number of anilines is 1. The van der Waals surface area contributed by atoms with Crippen molar-refractivity contribution < 1.29 is 0 Å². The monoisotopic (exact) mass is 284 g/mol. The lowest BCUT2D eigenvalue weighted by atomic mass is 10.2. The quantitative estimate of drug-likeness (QED) is 0.577. The van der Waals surface area contributed by atoms with Gasteiger partial charge in [-0.15, -0.1) is 10.2 Å². The van der Waals surface area contributed by atoms with Crippen LogP contribution in [-0.4, -0.2) is 26.9 Å². The molecular formula is C15H16N4S. The smallest absolute Gasteiger partial charge is 0.195 e. The SMILES string of the molecule is Cc1ccc(NCCSc2nnc3ccccn23)cc1. The van der Waals surface area contributed by atoms with E-state index in [0.29, 0.717) is 0 Å². The molecule has 2 aromatic heterocycles. The first-order valence-electron chi connectivity index (χ1n) is 6.56. The van der Waals surface area contributed by atoms with Gasteiger partial charge in [0.1, 0.15) is 0 Å². The number of rotatable bonds is 5. The molecule has 4 nitrogen and oxygen atoms in total. The summed E-state index contributed by atoms with van der Waals surface area (Å²) in [7, 11) is 0. The molecule has 0 spiro atoms. The van der Waals surface area contributed by atoms with Crippen molar-refractivity contribution in [1.82, 2.24) is 14.6 Å². The number of hydrogen-bond acceptors (Lipinski definition) is 4. The molecule has 102 valence electrons. The fraction of sp³-hybridized carbons (Fsp3) is 0.200. The second-order valence-corrected chi connectivity index (χ2v) is 5.61. The highest BCUT2D eigenvalue weighted by Gasteiger charge is 2.04. The first-order chi connectivity index (χ1) is 9.83. The number of nitrogens with zero attached hydrogens (tertiary/aromatic N) is 3. The number of aryl methyl sites for hydroxylation is 1. The lowest BCUT2D eigenvalue weighted by molar-refractivity contribution is 0.921. The summed E-state index contributed by atoms with van der Waals surface area (Å²) in [6.45, 7) is 2.99. The minimum Gasteiger partial charge on any atom is -0.384 e. The molecule has 0 saturated carbocycles. The number of thioether (sulfide) groups is 1. The van der Waals surface area contributed by atoms with Gasteiger partial charge in [0.2, 0.25) is 0 Å². The standard InChI is InChI=1S/C15H16N4S/c1-12-5-7-13(8-6-12)16-9-11-20-15-18-17-14-4-2-3-10-19(14)15/h2-8,10,16H,9,11H2,1H3. The maximum absolute atomic E-state index is 4.20. The molecule has 0 saturated heterocycles. The van der Waals surface area contributed by atoms with Gasteiger partial charge in [0.25, 0.3) is 0 Å². The topological polar surface area (TPSA) is 42.2 Å². The molecular weight excluding hydrogens is 268 g/mol. The van der Waals surface area contributed by atoms with Gasteiger partial charge in [-0.25, -0.2) is 0 Å². The maximum Gasteiger partial charge on any atom is 0.195 e. The molecule has 1 aromatic carbocycles. The van der Waals surface area contributed by atoms with Crippen LogP contribution in [0.2, 0.25) is 0 Å². The molecule has 0 unspecified atom stereocenters. The molecule has 0 atom stereocenters. The average molecular weight is 284 g/mol. The molecule has 0 fully saturated rings. The number of hydrogen-bond donors (Lipinski definition) is 1. The highest BCUT2D eigenvalue weighted by atomic mass is 32.2. The van der Waals surface area contributed by atoms with E-state index in [9.17, 15) is 0 Å². The lowest BCUT2D eigenvalue weighted by Crippen LogP contribution is -2.04. The highest BCUT2D eigenvalue weighted by Crippen LogP contribution is 2.16. The summed E-state index contributed by atoms with van der Waals surface area (Å²) in [6, 6.07) is 14.4. The van der Waals surface area contributed by atoms with E-state index in [2.05, 4.69) is 46.7 Å². The van der Waals surface area contributed by atoms with Crippen molar-refractivity contribution >= 4 is 23.1 Å². The van der Waals surface area contributed by atoms with Gasteiger partial charge in [-0.05, 0) is 31.2 Å². The van der Waals surface area contributed by atoms with Crippen LogP contribution in [0.15, 0.2) is 53.8 Å². The fourth-order valence-corrected chi connectivity index (χ4v) is 2.71. The fourth-order valence-electron chi connectivity index (χ4n) is 1.93. The van der Waals surface area contributed by atoms with E-state index in [1.54, 1.807) is 11.8 Å². The molecule has 3 rings (SSSR count). The zero-order valence-corrected chi connectivity index (χ0v) is 12.1. The summed E-state index contributed by atoms with van der Waals surface area (Å²) in [4.78, 5) is 0. The Balaban J connectivity index is 1.54. The van der Waals surface area contributed by atoms with Crippen LogP contribution in [0.4, 0.5) is 5.69 Å². The van der Waals surface area contributed by atoms with Crippen molar-refractivity contribution in [2.45, 2.75) is 12.1 Å². The first-order valence-corrected chi connectivity index (χ1v) is 7.54. The van der Waals surface area contributed by atoms with E-state index in [4.69, 9.17) is 0 Å². The molecule has 1 N–H and O–H groups in total. The molecule has 0 aliphatic heterocycles. The van der Waals surface area contributed by atoms with Gasteiger partial charge in [-0.1, -0.05) is 35.5 Å². The van der Waals surface area contributed by atoms with E-state index in [1.807, 2.05) is 28.8 Å². The van der Waals surface area contributed by atoms with E-state index in [-0.39, 0.29) is 0 Å². The summed E-state index contributed by atoms with van der Waals surface area (Å²) in [5, 5.41) is 12.7. The summed E-state index contributed by atoms with van der Waals surface area (Å²) in [5.41, 5.74) is 3.32. The van der Waals surface area contributed by atoms with Gasteiger partial charge in [0.05, 0.1) is 0 Å². The Hall–Kier alpha value is -2.01. The van der Waals surface area contributed by atoms with Gasteiger partial charge in [-0.2, -0.15) is 0 Å². The maximum atomic E-state index is 4.20. The molecule has 0 radical (unpaired) electrons. The summed E-state index contributed by atoms with van der Waals surface area (Å²) in [6.07, 6.45) is 1.99. The summed E-state index contributed by atoms with van der Waals surface area (Å²) in [5.74, 6) is 0.948. The largest absolute Gasteiger partial charge is 0.384 e. The van der Waals surface area contributed by atoms with Crippen LogP contribution < -0.4 is 5.32 Å². The minimum atomic E-state index is 0.890. The van der Waals surface area contributed by atoms with Crippen molar-refractivity contribution in [3.05, 3.63) is 54.2 Å². The van der Waals surface area contributed by atoms with Gasteiger partial charge in [0.15, 0.2) is 10.8 Å². The second kappa shape index (κ2) is 5.96. The predicted octanol–water partition coefficient (Wildman–Crippen LogP) is 3.24. The van der Waals surface area contributed by atoms with Crippen LogP contribution in [0.1, 0.15) is 5.56 Å². The highest BCUT2D eigenvalue weighted by molar-refractivity contribution is 7.99. The molecule has 0 aliphatic rings. The van der Waals surface area contributed by atoms with Gasteiger partial charge >= 0.3 is 0 Å². The van der Waals surface area contributed by atoms with Crippen LogP contribution in [0.5, 0.6) is 0 Å². The van der Waals surface area contributed by atoms with Crippen molar-refractivity contribution in [2.24, 2.45) is 0 Å². The number of pyridine rings is 1. The summed E-state index contributed by atoms with van der Waals surface area (Å²) < 4.78 is 2.01. The predicted molar refractivity (Wildman–Crippen MR) is 83.4 cm³/mol. The zero-order valence-electron chi connectivity index (χ0n) is 11.3. The van der Waals surface area contributed by atoms with Crippen molar-refractivity contribution in [2.75, 3.05) is 17.6 Å². The van der Waals surface area contributed by atoms with Crippen molar-refractivity contribution in [1.29, 1.82) is 0 Å². The van der Waals surface area contributed by atoms with Crippen LogP contribution >= 0.6 is 11.8 Å². The third-order valence-corrected chi connectivity index (χ3v) is 3.94. The van der Waals surface area contributed by atoms with Gasteiger partial charge < -0.3 is 5.32 Å². The van der Waals surface area contributed by atoms with Gasteiger partial charge in [-0.3, -0.25) is 4.40 Å². The average Bonchev–Trinajstić information content (AvgIpc) is 2.89. The van der Waals surface area contributed by atoms with Crippen molar-refractivity contribution in [3.63, 3.8) is 0 Å². The Morgan fingerprint density at radius 1 is 1.10 bits per heavy atom. The third kappa shape index (κ3) is 2.93. The number of benzene rings is 1. The second-order valence-electron chi connectivity index (χ2n) is 4.55.